The van der Waals surface area contributed by atoms with Crippen molar-refractivity contribution in [3.05, 3.63) is 64.7 Å². The van der Waals surface area contributed by atoms with Crippen LogP contribution in [0, 0.1) is 0 Å². The molecule has 1 N–H and O–H groups in total. The minimum Gasteiger partial charge on any atom is -0.311 e. The summed E-state index contributed by atoms with van der Waals surface area (Å²) in [4.78, 5) is 14.1. The quantitative estimate of drug-likeness (QED) is 0.869. The largest absolute Gasteiger partial charge is 0.311 e. The van der Waals surface area contributed by atoms with Gasteiger partial charge in [0.1, 0.15) is 0 Å². The van der Waals surface area contributed by atoms with Crippen LogP contribution in [0.4, 0.5) is 5.69 Å². The Morgan fingerprint density at radius 2 is 1.84 bits per heavy atom. The molecule has 0 spiro atoms. The molecule has 0 fully saturated rings. The first-order valence-corrected chi connectivity index (χ1v) is 10.1. The van der Waals surface area contributed by atoms with Gasteiger partial charge >= 0.3 is 0 Å². The summed E-state index contributed by atoms with van der Waals surface area (Å²) in [5.41, 5.74) is 2.48. The van der Waals surface area contributed by atoms with Crippen LogP contribution in [0.5, 0.6) is 0 Å². The van der Waals surface area contributed by atoms with Crippen LogP contribution in [0.3, 0.4) is 0 Å². The summed E-state index contributed by atoms with van der Waals surface area (Å²) in [6, 6.07) is 14.5. The molecule has 2 aromatic rings. The Morgan fingerprint density at radius 3 is 2.64 bits per heavy atom. The SMILES string of the molecule is O=C(CNS(=O)(=O)Cc1ccccc1Cl)N1CCCc2ccccc21. The van der Waals surface area contributed by atoms with E-state index < -0.39 is 10.0 Å². The topological polar surface area (TPSA) is 66.5 Å². The van der Waals surface area contributed by atoms with Gasteiger partial charge in [-0.25, -0.2) is 13.1 Å². The van der Waals surface area contributed by atoms with E-state index in [4.69, 9.17) is 11.6 Å². The Hall–Kier alpha value is -1.89. The molecule has 0 atom stereocenters. The van der Waals surface area contributed by atoms with Crippen molar-refractivity contribution in [1.82, 2.24) is 4.72 Å². The first kappa shape index (κ1) is 17.9. The van der Waals surface area contributed by atoms with Crippen molar-refractivity contribution in [2.75, 3.05) is 18.0 Å². The van der Waals surface area contributed by atoms with Crippen molar-refractivity contribution in [3.63, 3.8) is 0 Å². The normalized spacial score (nSPS) is 14.2. The van der Waals surface area contributed by atoms with Gasteiger partial charge in [0, 0.05) is 17.3 Å². The average Bonchev–Trinajstić information content (AvgIpc) is 2.61. The Kier molecular flexibility index (Phi) is 5.42. The third kappa shape index (κ3) is 4.39. The van der Waals surface area contributed by atoms with Gasteiger partial charge in [-0.2, -0.15) is 0 Å². The minimum absolute atomic E-state index is 0.253. The number of anilines is 1. The highest BCUT2D eigenvalue weighted by Gasteiger charge is 2.23. The molecule has 0 saturated carbocycles. The highest BCUT2D eigenvalue weighted by molar-refractivity contribution is 7.88. The van der Waals surface area contributed by atoms with Gasteiger partial charge in [-0.15, -0.1) is 0 Å². The van der Waals surface area contributed by atoms with E-state index in [-0.39, 0.29) is 18.2 Å². The fraction of sp³-hybridized carbons (Fsp3) is 0.278. The number of nitrogens with one attached hydrogen (secondary N) is 1. The second-order valence-electron chi connectivity index (χ2n) is 5.95. The van der Waals surface area contributed by atoms with E-state index in [9.17, 15) is 13.2 Å². The molecule has 2 aromatic carbocycles. The number of rotatable bonds is 5. The molecule has 3 rings (SSSR count). The molecule has 0 radical (unpaired) electrons. The molecule has 1 aliphatic heterocycles. The zero-order valence-electron chi connectivity index (χ0n) is 13.6. The van der Waals surface area contributed by atoms with Crippen LogP contribution in [0.25, 0.3) is 0 Å². The lowest BCUT2D eigenvalue weighted by molar-refractivity contribution is -0.117. The summed E-state index contributed by atoms with van der Waals surface area (Å²) in [6.45, 7) is 0.337. The fourth-order valence-electron chi connectivity index (χ4n) is 2.93. The first-order chi connectivity index (χ1) is 12.0. The molecular formula is C18H19ClN2O3S. The Morgan fingerprint density at radius 1 is 1.12 bits per heavy atom. The van der Waals surface area contributed by atoms with Gasteiger partial charge in [-0.05, 0) is 36.1 Å². The molecule has 7 heteroatoms. The van der Waals surface area contributed by atoms with Crippen molar-refractivity contribution in [3.8, 4) is 0 Å². The summed E-state index contributed by atoms with van der Waals surface area (Å²) in [5.74, 6) is -0.508. The lowest BCUT2D eigenvalue weighted by Gasteiger charge is -2.29. The van der Waals surface area contributed by atoms with E-state index in [0.29, 0.717) is 17.1 Å². The van der Waals surface area contributed by atoms with E-state index >= 15 is 0 Å². The molecule has 0 unspecified atom stereocenters. The summed E-state index contributed by atoms with van der Waals surface area (Å²) in [5, 5.41) is 0.393. The number of carbonyl (C=O) groups is 1. The number of benzene rings is 2. The second kappa shape index (κ2) is 7.56. The molecule has 0 aliphatic carbocycles. The lowest BCUT2D eigenvalue weighted by Crippen LogP contribution is -2.42. The van der Waals surface area contributed by atoms with Crippen LogP contribution in [0.2, 0.25) is 5.02 Å². The molecule has 0 saturated heterocycles. The summed E-state index contributed by atoms with van der Waals surface area (Å²) < 4.78 is 26.9. The van der Waals surface area contributed by atoms with Crippen molar-refractivity contribution < 1.29 is 13.2 Å². The van der Waals surface area contributed by atoms with Gasteiger partial charge in [0.2, 0.25) is 15.9 Å². The van der Waals surface area contributed by atoms with Crippen molar-refractivity contribution in [2.45, 2.75) is 18.6 Å². The number of nitrogens with zero attached hydrogens (tertiary/aromatic N) is 1. The standard InChI is InChI=1S/C18H19ClN2O3S/c19-16-9-3-1-7-15(16)13-25(23,24)20-12-18(22)21-11-5-8-14-6-2-4-10-17(14)21/h1-4,6-7,9-10,20H,5,8,11-13H2. The minimum atomic E-state index is -3.65. The van der Waals surface area contributed by atoms with E-state index in [0.717, 1.165) is 24.1 Å². The number of halogens is 1. The average molecular weight is 379 g/mol. The smallest absolute Gasteiger partial charge is 0.242 e. The van der Waals surface area contributed by atoms with Gasteiger partial charge in [0.25, 0.3) is 0 Å². The molecular weight excluding hydrogens is 360 g/mol. The third-order valence-electron chi connectivity index (χ3n) is 4.16. The van der Waals surface area contributed by atoms with Crippen molar-refractivity contribution in [1.29, 1.82) is 0 Å². The van der Waals surface area contributed by atoms with Crippen molar-refractivity contribution >= 4 is 33.2 Å². The zero-order chi connectivity index (χ0) is 17.9. The van der Waals surface area contributed by atoms with Crippen LogP contribution >= 0.6 is 11.6 Å². The van der Waals surface area contributed by atoms with E-state index in [1.165, 1.54) is 0 Å². The maximum atomic E-state index is 12.5. The first-order valence-electron chi connectivity index (χ1n) is 8.05. The van der Waals surface area contributed by atoms with E-state index in [2.05, 4.69) is 4.72 Å². The molecule has 25 heavy (non-hydrogen) atoms. The fourth-order valence-corrected chi connectivity index (χ4v) is 4.32. The van der Waals surface area contributed by atoms with Gasteiger partial charge in [0.15, 0.2) is 0 Å². The maximum absolute atomic E-state index is 12.5. The van der Waals surface area contributed by atoms with Gasteiger partial charge < -0.3 is 4.90 Å². The highest BCUT2D eigenvalue weighted by Crippen LogP contribution is 2.26. The predicted octanol–water partition coefficient (Wildman–Crippen LogP) is 2.74. The van der Waals surface area contributed by atoms with Gasteiger partial charge in [0.05, 0.1) is 12.3 Å². The molecule has 5 nitrogen and oxygen atoms in total. The molecule has 0 aromatic heterocycles. The third-order valence-corrected chi connectivity index (χ3v) is 5.80. The van der Waals surface area contributed by atoms with Crippen LogP contribution in [-0.2, 0) is 27.0 Å². The number of para-hydroxylation sites is 1. The van der Waals surface area contributed by atoms with Crippen LogP contribution in [0.15, 0.2) is 48.5 Å². The summed E-state index contributed by atoms with van der Waals surface area (Å²) in [6.07, 6.45) is 1.80. The van der Waals surface area contributed by atoms with Crippen molar-refractivity contribution in [2.24, 2.45) is 0 Å². The molecule has 0 bridgehead atoms. The monoisotopic (exact) mass is 378 g/mol. The molecule has 132 valence electrons. The number of hydrogen-bond acceptors (Lipinski definition) is 3. The van der Waals surface area contributed by atoms with Crippen LogP contribution in [0.1, 0.15) is 17.5 Å². The summed E-state index contributed by atoms with van der Waals surface area (Å²) >= 11 is 6.00. The van der Waals surface area contributed by atoms with Crippen LogP contribution in [-0.4, -0.2) is 27.4 Å². The molecule has 1 heterocycles. The predicted molar refractivity (Wildman–Crippen MR) is 99.2 cm³/mol. The van der Waals surface area contributed by atoms with E-state index in [1.807, 2.05) is 24.3 Å². The summed E-state index contributed by atoms with van der Waals surface area (Å²) in [7, 11) is -3.65. The van der Waals surface area contributed by atoms with Crippen LogP contribution < -0.4 is 9.62 Å². The Balaban J connectivity index is 1.65. The lowest BCUT2D eigenvalue weighted by atomic mass is 10.0. The number of sulfonamides is 1. The number of amides is 1. The number of fused-ring (bicyclic) bond motifs is 1. The number of aryl methyl sites for hydroxylation is 1. The van der Waals surface area contributed by atoms with Gasteiger partial charge in [-0.3, -0.25) is 4.79 Å². The zero-order valence-corrected chi connectivity index (χ0v) is 15.2. The second-order valence-corrected chi connectivity index (χ2v) is 8.16. The molecule has 1 amide bonds. The Labute approximate surface area is 152 Å². The highest BCUT2D eigenvalue weighted by atomic mass is 35.5. The maximum Gasteiger partial charge on any atom is 0.242 e. The van der Waals surface area contributed by atoms with E-state index in [1.54, 1.807) is 29.2 Å². The Bertz CT molecular complexity index is 883. The van der Waals surface area contributed by atoms with Gasteiger partial charge in [-0.1, -0.05) is 48.0 Å². The number of carbonyl (C=O) groups excluding carboxylic acids is 1. The molecule has 1 aliphatic rings. The number of hydrogen-bond donors (Lipinski definition) is 1.